The molecule has 0 aliphatic carbocycles. The zero-order valence-electron chi connectivity index (χ0n) is 13.5. The first-order valence-corrected chi connectivity index (χ1v) is 7.37. The van der Waals surface area contributed by atoms with Crippen molar-refractivity contribution in [2.75, 3.05) is 17.7 Å². The molecule has 1 aromatic carbocycles. The average Bonchev–Trinajstić information content (AvgIpc) is 2.47. The van der Waals surface area contributed by atoms with Crippen molar-refractivity contribution < 1.29 is 0 Å². The largest absolute Gasteiger partial charge is 0.373 e. The van der Waals surface area contributed by atoms with Crippen LogP contribution < -0.4 is 10.6 Å². The summed E-state index contributed by atoms with van der Waals surface area (Å²) < 4.78 is 0. The minimum Gasteiger partial charge on any atom is -0.373 e. The number of anilines is 2. The quantitative estimate of drug-likeness (QED) is 0.875. The molecule has 0 saturated carbocycles. The molecule has 112 valence electrons. The van der Waals surface area contributed by atoms with Gasteiger partial charge in [0.2, 0.25) is 0 Å². The molecule has 0 amide bonds. The Hall–Kier alpha value is -2.10. The second kappa shape index (κ2) is 6.57. The van der Waals surface area contributed by atoms with Gasteiger partial charge in [0.15, 0.2) is 0 Å². The predicted molar refractivity (Wildman–Crippen MR) is 88.9 cm³/mol. The number of hydrogen-bond acceptors (Lipinski definition) is 4. The fourth-order valence-electron chi connectivity index (χ4n) is 2.20. The Morgan fingerprint density at radius 1 is 1.05 bits per heavy atom. The highest BCUT2D eigenvalue weighted by atomic mass is 15.1. The summed E-state index contributed by atoms with van der Waals surface area (Å²) in [5.41, 5.74) is 3.62. The molecule has 0 aliphatic rings. The summed E-state index contributed by atoms with van der Waals surface area (Å²) in [5, 5.41) is 6.60. The van der Waals surface area contributed by atoms with E-state index in [4.69, 9.17) is 0 Å². The molecule has 1 aromatic heterocycles. The Kier molecular flexibility index (Phi) is 4.78. The van der Waals surface area contributed by atoms with Gasteiger partial charge in [-0.1, -0.05) is 38.1 Å². The second-order valence-corrected chi connectivity index (χ2v) is 5.59. The topological polar surface area (TPSA) is 49.8 Å². The monoisotopic (exact) mass is 284 g/mol. The molecule has 4 heteroatoms. The van der Waals surface area contributed by atoms with E-state index in [0.29, 0.717) is 5.92 Å². The molecule has 0 spiro atoms. The maximum Gasteiger partial charge on any atom is 0.135 e. The van der Waals surface area contributed by atoms with Crippen molar-refractivity contribution in [2.45, 2.75) is 40.2 Å². The molecule has 0 bridgehead atoms. The highest BCUT2D eigenvalue weighted by molar-refractivity contribution is 5.57. The minimum atomic E-state index is 0.303. The molecule has 1 heterocycles. The molecule has 0 unspecified atom stereocenters. The van der Waals surface area contributed by atoms with E-state index in [2.05, 4.69) is 65.6 Å². The normalized spacial score (nSPS) is 10.8. The summed E-state index contributed by atoms with van der Waals surface area (Å²) in [5.74, 6) is 2.95. The van der Waals surface area contributed by atoms with Crippen LogP contribution in [0.5, 0.6) is 0 Å². The molecule has 0 saturated heterocycles. The smallest absolute Gasteiger partial charge is 0.135 e. The Morgan fingerprint density at radius 3 is 2.33 bits per heavy atom. The van der Waals surface area contributed by atoms with Crippen LogP contribution in [0.1, 0.15) is 42.3 Å². The molecule has 2 rings (SSSR count). The first-order valence-electron chi connectivity index (χ1n) is 7.37. The fraction of sp³-hybridized carbons (Fsp3) is 0.412. The minimum absolute atomic E-state index is 0.303. The Labute approximate surface area is 127 Å². The van der Waals surface area contributed by atoms with Gasteiger partial charge in [0.1, 0.15) is 17.5 Å². The van der Waals surface area contributed by atoms with Gasteiger partial charge in [-0.3, -0.25) is 0 Å². The molecule has 0 aliphatic heterocycles. The molecular formula is C17H24N4. The standard InChI is InChI=1S/C17H24N4/c1-11(2)15-20-16(18-5)13(4)17(21-15)19-10-14-9-7-6-8-12(14)3/h6-9,11H,10H2,1-5H3,(H2,18,19,20,21). The summed E-state index contributed by atoms with van der Waals surface area (Å²) in [6.45, 7) is 9.15. The number of benzene rings is 1. The van der Waals surface area contributed by atoms with E-state index in [9.17, 15) is 0 Å². The predicted octanol–water partition coefficient (Wildman–Crippen LogP) is 3.87. The molecule has 0 fully saturated rings. The van der Waals surface area contributed by atoms with Crippen LogP contribution >= 0.6 is 0 Å². The Balaban J connectivity index is 2.27. The molecule has 0 radical (unpaired) electrons. The summed E-state index contributed by atoms with van der Waals surface area (Å²) in [4.78, 5) is 9.22. The lowest BCUT2D eigenvalue weighted by Crippen LogP contribution is -2.11. The van der Waals surface area contributed by atoms with Gasteiger partial charge in [0.05, 0.1) is 0 Å². The van der Waals surface area contributed by atoms with Gasteiger partial charge >= 0.3 is 0 Å². The van der Waals surface area contributed by atoms with Crippen LogP contribution in [0.3, 0.4) is 0 Å². The Morgan fingerprint density at radius 2 is 1.71 bits per heavy atom. The zero-order valence-corrected chi connectivity index (χ0v) is 13.5. The maximum absolute atomic E-state index is 4.66. The Bertz CT molecular complexity index is 620. The van der Waals surface area contributed by atoms with Gasteiger partial charge in [-0.15, -0.1) is 0 Å². The molecule has 2 N–H and O–H groups in total. The number of aromatic nitrogens is 2. The van der Waals surface area contributed by atoms with E-state index in [0.717, 1.165) is 29.6 Å². The summed E-state index contributed by atoms with van der Waals surface area (Å²) in [6, 6.07) is 8.39. The van der Waals surface area contributed by atoms with Crippen molar-refractivity contribution in [2.24, 2.45) is 0 Å². The van der Waals surface area contributed by atoms with Gasteiger partial charge < -0.3 is 10.6 Å². The van der Waals surface area contributed by atoms with E-state index < -0.39 is 0 Å². The van der Waals surface area contributed by atoms with Crippen molar-refractivity contribution in [1.82, 2.24) is 9.97 Å². The number of nitrogens with zero attached hydrogens (tertiary/aromatic N) is 2. The molecule has 21 heavy (non-hydrogen) atoms. The van der Waals surface area contributed by atoms with E-state index in [1.54, 1.807) is 0 Å². The molecule has 4 nitrogen and oxygen atoms in total. The van der Waals surface area contributed by atoms with Crippen molar-refractivity contribution in [3.8, 4) is 0 Å². The second-order valence-electron chi connectivity index (χ2n) is 5.59. The van der Waals surface area contributed by atoms with Crippen LogP contribution in [0.15, 0.2) is 24.3 Å². The molecule has 0 atom stereocenters. The van der Waals surface area contributed by atoms with Gasteiger partial charge in [-0.2, -0.15) is 0 Å². The number of aryl methyl sites for hydroxylation is 1. The third kappa shape index (κ3) is 3.51. The molecular weight excluding hydrogens is 260 g/mol. The van der Waals surface area contributed by atoms with Crippen molar-refractivity contribution in [1.29, 1.82) is 0 Å². The van der Waals surface area contributed by atoms with Gasteiger partial charge in [-0.05, 0) is 25.0 Å². The van der Waals surface area contributed by atoms with Crippen LogP contribution in [0, 0.1) is 13.8 Å². The van der Waals surface area contributed by atoms with E-state index in [1.807, 2.05) is 14.0 Å². The first-order chi connectivity index (χ1) is 10.0. The SMILES string of the molecule is CNc1nc(C(C)C)nc(NCc2ccccc2C)c1C. The van der Waals surface area contributed by atoms with E-state index in [1.165, 1.54) is 11.1 Å². The van der Waals surface area contributed by atoms with Crippen LogP contribution in [0.4, 0.5) is 11.6 Å². The lowest BCUT2D eigenvalue weighted by atomic mass is 10.1. The number of rotatable bonds is 5. The summed E-state index contributed by atoms with van der Waals surface area (Å²) in [6.07, 6.45) is 0. The summed E-state index contributed by atoms with van der Waals surface area (Å²) in [7, 11) is 1.89. The average molecular weight is 284 g/mol. The van der Waals surface area contributed by atoms with Crippen LogP contribution in [0.25, 0.3) is 0 Å². The summed E-state index contributed by atoms with van der Waals surface area (Å²) >= 11 is 0. The van der Waals surface area contributed by atoms with Crippen LogP contribution in [0.2, 0.25) is 0 Å². The van der Waals surface area contributed by atoms with E-state index >= 15 is 0 Å². The lowest BCUT2D eigenvalue weighted by molar-refractivity contribution is 0.773. The first kappa shape index (κ1) is 15.3. The van der Waals surface area contributed by atoms with Crippen molar-refractivity contribution in [3.63, 3.8) is 0 Å². The highest BCUT2D eigenvalue weighted by Crippen LogP contribution is 2.23. The fourth-order valence-corrected chi connectivity index (χ4v) is 2.20. The van der Waals surface area contributed by atoms with Crippen LogP contribution in [-0.4, -0.2) is 17.0 Å². The maximum atomic E-state index is 4.66. The van der Waals surface area contributed by atoms with Gasteiger partial charge in [0.25, 0.3) is 0 Å². The van der Waals surface area contributed by atoms with Crippen LogP contribution in [-0.2, 0) is 6.54 Å². The molecule has 2 aromatic rings. The number of hydrogen-bond donors (Lipinski definition) is 2. The van der Waals surface area contributed by atoms with Gasteiger partial charge in [-0.25, -0.2) is 9.97 Å². The van der Waals surface area contributed by atoms with Gasteiger partial charge in [0, 0.05) is 25.1 Å². The van der Waals surface area contributed by atoms with E-state index in [-0.39, 0.29) is 0 Å². The lowest BCUT2D eigenvalue weighted by Gasteiger charge is -2.15. The highest BCUT2D eigenvalue weighted by Gasteiger charge is 2.12. The third-order valence-corrected chi connectivity index (χ3v) is 3.62. The van der Waals surface area contributed by atoms with Crippen molar-refractivity contribution >= 4 is 11.6 Å². The number of nitrogens with one attached hydrogen (secondary N) is 2. The van der Waals surface area contributed by atoms with Crippen molar-refractivity contribution in [3.05, 3.63) is 46.8 Å². The zero-order chi connectivity index (χ0) is 15.4. The third-order valence-electron chi connectivity index (χ3n) is 3.62.